The number of rotatable bonds is 3. The zero-order chi connectivity index (χ0) is 14.0. The molecule has 0 amide bonds. The maximum Gasteiger partial charge on any atom is 0.329 e. The second-order valence-corrected chi connectivity index (χ2v) is 5.54. The average Bonchev–Trinajstić information content (AvgIpc) is 2.42. The molecule has 1 aliphatic rings. The van der Waals surface area contributed by atoms with Crippen LogP contribution in [0.3, 0.4) is 0 Å². The summed E-state index contributed by atoms with van der Waals surface area (Å²) in [5.74, 6) is 0.391. The van der Waals surface area contributed by atoms with Gasteiger partial charge in [0, 0.05) is 12.1 Å². The lowest BCUT2D eigenvalue weighted by atomic mass is 9.97. The SMILES string of the molecule is CCN1CCC(Cn2c(=O)[nH]c(Cl)c(C)c2=O)CC1. The lowest BCUT2D eigenvalue weighted by Crippen LogP contribution is -2.41. The third-order valence-corrected chi connectivity index (χ3v) is 4.33. The van der Waals surface area contributed by atoms with Crippen molar-refractivity contribution in [2.75, 3.05) is 19.6 Å². The lowest BCUT2D eigenvalue weighted by molar-refractivity contribution is 0.179. The van der Waals surface area contributed by atoms with Gasteiger partial charge in [-0.3, -0.25) is 14.3 Å². The van der Waals surface area contributed by atoms with Gasteiger partial charge in [-0.25, -0.2) is 4.79 Å². The number of nitrogens with zero attached hydrogens (tertiary/aromatic N) is 2. The molecule has 0 unspecified atom stereocenters. The summed E-state index contributed by atoms with van der Waals surface area (Å²) in [4.78, 5) is 28.8. The fraction of sp³-hybridized carbons (Fsp3) is 0.692. The highest BCUT2D eigenvalue weighted by atomic mass is 35.5. The minimum absolute atomic E-state index is 0.145. The van der Waals surface area contributed by atoms with Gasteiger partial charge in [-0.15, -0.1) is 0 Å². The van der Waals surface area contributed by atoms with Gasteiger partial charge >= 0.3 is 5.69 Å². The Hall–Kier alpha value is -1.07. The third-order valence-electron chi connectivity index (χ3n) is 3.95. The van der Waals surface area contributed by atoms with E-state index in [1.807, 2.05) is 0 Å². The number of aromatic amines is 1. The maximum atomic E-state index is 12.1. The van der Waals surface area contributed by atoms with Crippen molar-refractivity contribution in [1.29, 1.82) is 0 Å². The average molecular weight is 286 g/mol. The number of nitrogens with one attached hydrogen (secondary N) is 1. The van der Waals surface area contributed by atoms with Crippen LogP contribution in [0.25, 0.3) is 0 Å². The van der Waals surface area contributed by atoms with Crippen molar-refractivity contribution >= 4 is 11.6 Å². The standard InChI is InChI=1S/C13H20ClN3O2/c1-3-16-6-4-10(5-7-16)8-17-12(18)9(2)11(14)15-13(17)19/h10H,3-8H2,1-2H3,(H,15,19). The topological polar surface area (TPSA) is 58.1 Å². The predicted molar refractivity (Wildman–Crippen MR) is 75.9 cm³/mol. The van der Waals surface area contributed by atoms with Gasteiger partial charge in [-0.05, 0) is 45.3 Å². The van der Waals surface area contributed by atoms with Gasteiger partial charge in [0.15, 0.2) is 0 Å². The maximum absolute atomic E-state index is 12.1. The van der Waals surface area contributed by atoms with Crippen molar-refractivity contribution in [3.05, 3.63) is 31.6 Å². The molecule has 1 saturated heterocycles. The first kappa shape index (κ1) is 14.3. The zero-order valence-corrected chi connectivity index (χ0v) is 12.2. The molecule has 19 heavy (non-hydrogen) atoms. The fourth-order valence-electron chi connectivity index (χ4n) is 2.55. The highest BCUT2D eigenvalue weighted by Gasteiger charge is 2.20. The minimum atomic E-state index is -0.404. The van der Waals surface area contributed by atoms with E-state index in [4.69, 9.17) is 11.6 Å². The molecular formula is C13H20ClN3O2. The van der Waals surface area contributed by atoms with Crippen molar-refractivity contribution < 1.29 is 0 Å². The summed E-state index contributed by atoms with van der Waals surface area (Å²) in [5, 5.41) is 0.145. The Morgan fingerprint density at radius 2 is 1.95 bits per heavy atom. The second kappa shape index (κ2) is 5.92. The zero-order valence-electron chi connectivity index (χ0n) is 11.4. The van der Waals surface area contributed by atoms with E-state index in [2.05, 4.69) is 16.8 Å². The summed E-state index contributed by atoms with van der Waals surface area (Å²) in [6.07, 6.45) is 2.06. The van der Waals surface area contributed by atoms with Crippen LogP contribution in [0.4, 0.5) is 0 Å². The van der Waals surface area contributed by atoms with Gasteiger partial charge in [-0.2, -0.15) is 0 Å². The molecule has 1 aromatic rings. The van der Waals surface area contributed by atoms with E-state index < -0.39 is 5.69 Å². The van der Waals surface area contributed by atoms with Crippen LogP contribution >= 0.6 is 11.6 Å². The Labute approximate surface area is 117 Å². The molecule has 1 N–H and O–H groups in total. The monoisotopic (exact) mass is 285 g/mol. The summed E-state index contributed by atoms with van der Waals surface area (Å²) in [6, 6.07) is 0. The number of aromatic nitrogens is 2. The largest absolute Gasteiger partial charge is 0.329 e. The number of likely N-dealkylation sites (tertiary alicyclic amines) is 1. The Bertz CT molecular complexity index is 556. The quantitative estimate of drug-likeness (QED) is 0.850. The van der Waals surface area contributed by atoms with Crippen LogP contribution in [-0.4, -0.2) is 34.1 Å². The van der Waals surface area contributed by atoms with Gasteiger partial charge in [-0.1, -0.05) is 18.5 Å². The van der Waals surface area contributed by atoms with E-state index in [0.717, 1.165) is 32.5 Å². The van der Waals surface area contributed by atoms with Crippen molar-refractivity contribution in [1.82, 2.24) is 14.5 Å². The summed E-state index contributed by atoms with van der Waals surface area (Å²) >= 11 is 5.80. The van der Waals surface area contributed by atoms with Gasteiger partial charge in [0.2, 0.25) is 0 Å². The highest BCUT2D eigenvalue weighted by molar-refractivity contribution is 6.30. The normalized spacial score (nSPS) is 17.8. The molecule has 0 radical (unpaired) electrons. The highest BCUT2D eigenvalue weighted by Crippen LogP contribution is 2.17. The summed E-state index contributed by atoms with van der Waals surface area (Å²) in [6.45, 7) is 7.42. The molecule has 0 aliphatic carbocycles. The number of piperidine rings is 1. The van der Waals surface area contributed by atoms with Crippen molar-refractivity contribution in [3.63, 3.8) is 0 Å². The first-order valence-electron chi connectivity index (χ1n) is 6.74. The van der Waals surface area contributed by atoms with Crippen molar-refractivity contribution in [2.24, 2.45) is 5.92 Å². The molecule has 2 heterocycles. The van der Waals surface area contributed by atoms with E-state index >= 15 is 0 Å². The van der Waals surface area contributed by atoms with E-state index in [9.17, 15) is 9.59 Å². The summed E-state index contributed by atoms with van der Waals surface area (Å²) < 4.78 is 1.29. The van der Waals surface area contributed by atoms with E-state index in [-0.39, 0.29) is 10.7 Å². The van der Waals surface area contributed by atoms with E-state index in [1.165, 1.54) is 4.57 Å². The molecule has 0 saturated carbocycles. The number of H-pyrrole nitrogens is 1. The van der Waals surface area contributed by atoms with Crippen molar-refractivity contribution in [2.45, 2.75) is 33.2 Å². The molecular weight excluding hydrogens is 266 g/mol. The molecule has 0 aromatic carbocycles. The molecule has 2 rings (SSSR count). The molecule has 5 nitrogen and oxygen atoms in total. The van der Waals surface area contributed by atoms with Crippen molar-refractivity contribution in [3.8, 4) is 0 Å². The Kier molecular flexibility index (Phi) is 4.47. The number of hydrogen-bond acceptors (Lipinski definition) is 3. The van der Waals surface area contributed by atoms with Gasteiger partial charge in [0.1, 0.15) is 5.15 Å². The van der Waals surface area contributed by atoms with Crippen LogP contribution in [0, 0.1) is 12.8 Å². The lowest BCUT2D eigenvalue weighted by Gasteiger charge is -2.31. The Morgan fingerprint density at radius 3 is 2.53 bits per heavy atom. The van der Waals surface area contributed by atoms with Gasteiger partial charge in [0.25, 0.3) is 5.56 Å². The second-order valence-electron chi connectivity index (χ2n) is 5.16. The Morgan fingerprint density at radius 1 is 1.32 bits per heavy atom. The van der Waals surface area contributed by atoms with Crippen LogP contribution in [0.2, 0.25) is 5.15 Å². The first-order valence-corrected chi connectivity index (χ1v) is 7.12. The molecule has 0 bridgehead atoms. The third kappa shape index (κ3) is 3.09. The molecule has 1 aliphatic heterocycles. The Balaban J connectivity index is 2.15. The summed E-state index contributed by atoms with van der Waals surface area (Å²) in [7, 11) is 0. The summed E-state index contributed by atoms with van der Waals surface area (Å²) in [5.41, 5.74) is -0.266. The number of hydrogen-bond donors (Lipinski definition) is 1. The van der Waals surface area contributed by atoms with Crippen LogP contribution < -0.4 is 11.2 Å². The first-order chi connectivity index (χ1) is 9.02. The molecule has 6 heteroatoms. The van der Waals surface area contributed by atoms with Crippen LogP contribution in [0.5, 0.6) is 0 Å². The van der Waals surface area contributed by atoms with Crippen LogP contribution in [0.15, 0.2) is 9.59 Å². The van der Waals surface area contributed by atoms with Crippen LogP contribution in [0.1, 0.15) is 25.3 Å². The molecule has 1 fully saturated rings. The molecule has 106 valence electrons. The number of halogens is 1. The van der Waals surface area contributed by atoms with Crippen LogP contribution in [-0.2, 0) is 6.54 Å². The van der Waals surface area contributed by atoms with Gasteiger partial charge in [0.05, 0.1) is 0 Å². The fourth-order valence-corrected chi connectivity index (χ4v) is 2.71. The molecule has 0 spiro atoms. The molecule has 1 aromatic heterocycles. The van der Waals surface area contributed by atoms with E-state index in [0.29, 0.717) is 18.0 Å². The minimum Gasteiger partial charge on any atom is -0.304 e. The smallest absolute Gasteiger partial charge is 0.304 e. The predicted octanol–water partition coefficient (Wildman–Crippen LogP) is 1.23. The van der Waals surface area contributed by atoms with Gasteiger partial charge < -0.3 is 4.90 Å². The molecule has 0 atom stereocenters. The van der Waals surface area contributed by atoms with E-state index in [1.54, 1.807) is 6.92 Å².